The van der Waals surface area contributed by atoms with Crippen LogP contribution in [0.3, 0.4) is 0 Å². The van der Waals surface area contributed by atoms with Gasteiger partial charge < -0.3 is 9.84 Å². The molecule has 0 aliphatic heterocycles. The fraction of sp³-hybridized carbons (Fsp3) is 0.286. The standard InChI is InChI=1S/C14H15N3O4S/c1-3-21-10-6-4-9(5-7-10)11-12(18)15-14(17-16-11)22-8(2)13(19)20/h4-8H,3H2,1-2H3,(H,19,20)(H,15,17,18). The second-order valence-electron chi connectivity index (χ2n) is 4.36. The fourth-order valence-electron chi connectivity index (χ4n) is 1.66. The lowest BCUT2D eigenvalue weighted by atomic mass is 10.1. The number of carbonyl (C=O) groups is 1. The Balaban J connectivity index is 2.22. The number of thioether (sulfide) groups is 1. The Kier molecular flexibility index (Phi) is 5.16. The largest absolute Gasteiger partial charge is 0.494 e. The van der Waals surface area contributed by atoms with Crippen molar-refractivity contribution in [2.24, 2.45) is 0 Å². The van der Waals surface area contributed by atoms with Crippen LogP contribution in [0.1, 0.15) is 13.8 Å². The summed E-state index contributed by atoms with van der Waals surface area (Å²) < 4.78 is 5.33. The van der Waals surface area contributed by atoms with E-state index in [0.717, 1.165) is 11.8 Å². The Bertz CT molecular complexity index is 715. The number of hydrogen-bond donors (Lipinski definition) is 2. The molecule has 0 aliphatic carbocycles. The number of benzene rings is 1. The molecule has 0 radical (unpaired) electrons. The van der Waals surface area contributed by atoms with Gasteiger partial charge in [0.05, 0.1) is 6.61 Å². The van der Waals surface area contributed by atoms with E-state index in [9.17, 15) is 9.59 Å². The molecule has 2 N–H and O–H groups in total. The molecular weight excluding hydrogens is 306 g/mol. The van der Waals surface area contributed by atoms with E-state index in [1.807, 2.05) is 6.92 Å². The van der Waals surface area contributed by atoms with Gasteiger partial charge in [-0.1, -0.05) is 11.8 Å². The van der Waals surface area contributed by atoms with Crippen molar-refractivity contribution in [2.45, 2.75) is 24.3 Å². The van der Waals surface area contributed by atoms with Crippen molar-refractivity contribution < 1.29 is 14.6 Å². The summed E-state index contributed by atoms with van der Waals surface area (Å²) >= 11 is 0.930. The number of aliphatic carboxylic acids is 1. The number of rotatable bonds is 6. The number of ether oxygens (including phenoxy) is 1. The summed E-state index contributed by atoms with van der Waals surface area (Å²) in [5.41, 5.74) is 0.370. The smallest absolute Gasteiger partial charge is 0.316 e. The molecule has 1 atom stereocenters. The van der Waals surface area contributed by atoms with E-state index in [-0.39, 0.29) is 10.9 Å². The number of aromatic nitrogens is 3. The van der Waals surface area contributed by atoms with Crippen molar-refractivity contribution in [3.8, 4) is 17.0 Å². The van der Waals surface area contributed by atoms with Crippen LogP contribution < -0.4 is 10.3 Å². The first-order chi connectivity index (χ1) is 10.5. The second kappa shape index (κ2) is 7.08. The number of nitrogens with one attached hydrogen (secondary N) is 1. The molecule has 0 amide bonds. The van der Waals surface area contributed by atoms with E-state index >= 15 is 0 Å². The first-order valence-electron chi connectivity index (χ1n) is 6.61. The predicted molar refractivity (Wildman–Crippen MR) is 82.2 cm³/mol. The van der Waals surface area contributed by atoms with Crippen LogP contribution in [-0.2, 0) is 4.79 Å². The molecule has 0 fully saturated rings. The van der Waals surface area contributed by atoms with Crippen LogP contribution in [0.5, 0.6) is 5.75 Å². The third-order valence-corrected chi connectivity index (χ3v) is 3.71. The highest BCUT2D eigenvalue weighted by atomic mass is 32.2. The van der Waals surface area contributed by atoms with Gasteiger partial charge in [0.1, 0.15) is 11.0 Å². The summed E-state index contributed by atoms with van der Waals surface area (Å²) in [6, 6.07) is 6.93. The zero-order valence-corrected chi connectivity index (χ0v) is 12.9. The lowest BCUT2D eigenvalue weighted by Crippen LogP contribution is -2.17. The highest BCUT2D eigenvalue weighted by molar-refractivity contribution is 8.00. The summed E-state index contributed by atoms with van der Waals surface area (Å²) in [6.07, 6.45) is 0. The van der Waals surface area contributed by atoms with Gasteiger partial charge in [-0.2, -0.15) is 0 Å². The molecule has 22 heavy (non-hydrogen) atoms. The van der Waals surface area contributed by atoms with Crippen molar-refractivity contribution in [1.82, 2.24) is 15.2 Å². The third kappa shape index (κ3) is 3.85. The Labute approximate surface area is 130 Å². The molecule has 1 heterocycles. The summed E-state index contributed by atoms with van der Waals surface area (Å²) in [7, 11) is 0. The molecule has 8 heteroatoms. The van der Waals surface area contributed by atoms with E-state index in [2.05, 4.69) is 15.2 Å². The highest BCUT2D eigenvalue weighted by Crippen LogP contribution is 2.20. The van der Waals surface area contributed by atoms with Crippen LogP contribution >= 0.6 is 11.8 Å². The molecule has 0 saturated heterocycles. The minimum atomic E-state index is -0.983. The Hall–Kier alpha value is -2.35. The molecule has 2 rings (SSSR count). The van der Waals surface area contributed by atoms with Crippen LogP contribution in [0.25, 0.3) is 11.3 Å². The van der Waals surface area contributed by atoms with Gasteiger partial charge in [0.2, 0.25) is 0 Å². The second-order valence-corrected chi connectivity index (χ2v) is 5.69. The van der Waals surface area contributed by atoms with E-state index in [4.69, 9.17) is 9.84 Å². The van der Waals surface area contributed by atoms with Gasteiger partial charge in [-0.05, 0) is 38.1 Å². The minimum Gasteiger partial charge on any atom is -0.494 e. The number of aromatic amines is 1. The molecule has 116 valence electrons. The molecular formula is C14H15N3O4S. The summed E-state index contributed by atoms with van der Waals surface area (Å²) in [4.78, 5) is 25.4. The predicted octanol–water partition coefficient (Wildman–Crippen LogP) is 1.80. The van der Waals surface area contributed by atoms with Gasteiger partial charge in [-0.3, -0.25) is 14.6 Å². The SMILES string of the molecule is CCOc1ccc(-c2nnc(SC(C)C(=O)O)[nH]c2=O)cc1. The molecule has 0 saturated carbocycles. The Morgan fingerprint density at radius 2 is 2.05 bits per heavy atom. The van der Waals surface area contributed by atoms with Crippen molar-refractivity contribution in [3.05, 3.63) is 34.6 Å². The van der Waals surface area contributed by atoms with Gasteiger partial charge in [0.25, 0.3) is 5.56 Å². The van der Waals surface area contributed by atoms with E-state index in [1.165, 1.54) is 6.92 Å². The van der Waals surface area contributed by atoms with Crippen molar-refractivity contribution in [2.75, 3.05) is 6.61 Å². The van der Waals surface area contributed by atoms with Crippen LogP contribution in [0.15, 0.2) is 34.2 Å². The van der Waals surface area contributed by atoms with Gasteiger partial charge in [0, 0.05) is 5.56 Å². The molecule has 7 nitrogen and oxygen atoms in total. The maximum atomic E-state index is 12.1. The molecule has 0 spiro atoms. The summed E-state index contributed by atoms with van der Waals surface area (Å²) in [5, 5.41) is 16.0. The maximum absolute atomic E-state index is 12.1. The quantitative estimate of drug-likeness (QED) is 0.781. The normalized spacial score (nSPS) is 11.9. The van der Waals surface area contributed by atoms with Crippen LogP contribution in [-0.4, -0.2) is 38.1 Å². The molecule has 0 aliphatic rings. The van der Waals surface area contributed by atoms with E-state index < -0.39 is 16.8 Å². The molecule has 1 aromatic heterocycles. The Morgan fingerprint density at radius 3 is 2.59 bits per heavy atom. The number of carboxylic acids is 1. The Morgan fingerprint density at radius 1 is 1.36 bits per heavy atom. The minimum absolute atomic E-state index is 0.176. The van der Waals surface area contributed by atoms with E-state index in [1.54, 1.807) is 24.3 Å². The molecule has 0 bridgehead atoms. The molecule has 1 aromatic carbocycles. The van der Waals surface area contributed by atoms with E-state index in [0.29, 0.717) is 17.9 Å². The lowest BCUT2D eigenvalue weighted by molar-refractivity contribution is -0.136. The average Bonchev–Trinajstić information content (AvgIpc) is 2.49. The van der Waals surface area contributed by atoms with Crippen LogP contribution in [0.2, 0.25) is 0 Å². The van der Waals surface area contributed by atoms with Gasteiger partial charge in [0.15, 0.2) is 10.9 Å². The highest BCUT2D eigenvalue weighted by Gasteiger charge is 2.15. The first kappa shape index (κ1) is 16.0. The third-order valence-electron chi connectivity index (χ3n) is 2.75. The molecule has 1 unspecified atom stereocenters. The lowest BCUT2D eigenvalue weighted by Gasteiger charge is -2.06. The monoisotopic (exact) mass is 321 g/mol. The van der Waals surface area contributed by atoms with Crippen LogP contribution in [0, 0.1) is 0 Å². The molecule has 2 aromatic rings. The van der Waals surface area contributed by atoms with Crippen molar-refractivity contribution in [1.29, 1.82) is 0 Å². The number of carboxylic acid groups (broad SMARTS) is 1. The van der Waals surface area contributed by atoms with Crippen LogP contribution in [0.4, 0.5) is 0 Å². The van der Waals surface area contributed by atoms with Crippen molar-refractivity contribution in [3.63, 3.8) is 0 Å². The summed E-state index contributed by atoms with van der Waals surface area (Å²) in [6.45, 7) is 3.96. The van der Waals surface area contributed by atoms with Gasteiger partial charge in [-0.25, -0.2) is 0 Å². The van der Waals surface area contributed by atoms with Gasteiger partial charge in [-0.15, -0.1) is 10.2 Å². The average molecular weight is 321 g/mol. The maximum Gasteiger partial charge on any atom is 0.316 e. The number of nitrogens with zero attached hydrogens (tertiary/aromatic N) is 2. The first-order valence-corrected chi connectivity index (χ1v) is 7.49. The zero-order chi connectivity index (χ0) is 16.1. The fourth-order valence-corrected chi connectivity index (χ4v) is 2.33. The number of H-pyrrole nitrogens is 1. The topological polar surface area (TPSA) is 105 Å². The van der Waals surface area contributed by atoms with Gasteiger partial charge >= 0.3 is 5.97 Å². The van der Waals surface area contributed by atoms with Crippen molar-refractivity contribution >= 4 is 17.7 Å². The zero-order valence-electron chi connectivity index (χ0n) is 12.1. The summed E-state index contributed by atoms with van der Waals surface area (Å²) in [5.74, 6) is -0.277. The number of hydrogen-bond acceptors (Lipinski definition) is 6.